The molecule has 4 heteroatoms. The van der Waals surface area contributed by atoms with Gasteiger partial charge in [-0.05, 0) is 31.6 Å². The highest BCUT2D eigenvalue weighted by Crippen LogP contribution is 2.19. The van der Waals surface area contributed by atoms with E-state index in [1.807, 2.05) is 13.8 Å². The van der Waals surface area contributed by atoms with Crippen LogP contribution in [-0.2, 0) is 19.1 Å². The standard InChI is InChI=1S/C20H38O4/c1-4-15-23-19(21)14-12-10-8-7-9-11-13-18(6-3)17-20(22)24-16-5-2/h18H,4-17H2,1-3H3. The first-order valence-electron chi connectivity index (χ1n) is 9.95. The van der Waals surface area contributed by atoms with Crippen LogP contribution in [0.1, 0.15) is 97.8 Å². The summed E-state index contributed by atoms with van der Waals surface area (Å²) in [4.78, 5) is 23.0. The minimum atomic E-state index is -0.0578. The van der Waals surface area contributed by atoms with E-state index in [1.54, 1.807) is 0 Å². The highest BCUT2D eigenvalue weighted by molar-refractivity contribution is 5.69. The largest absolute Gasteiger partial charge is 0.466 e. The van der Waals surface area contributed by atoms with Gasteiger partial charge in [-0.15, -0.1) is 0 Å². The molecule has 0 heterocycles. The first-order valence-corrected chi connectivity index (χ1v) is 9.95. The fourth-order valence-corrected chi connectivity index (χ4v) is 2.66. The highest BCUT2D eigenvalue weighted by Gasteiger charge is 2.12. The summed E-state index contributed by atoms with van der Waals surface area (Å²) in [6, 6.07) is 0. The van der Waals surface area contributed by atoms with Gasteiger partial charge in [-0.1, -0.05) is 59.3 Å². The molecule has 0 amide bonds. The van der Waals surface area contributed by atoms with Gasteiger partial charge in [-0.2, -0.15) is 0 Å². The second-order valence-corrected chi connectivity index (χ2v) is 6.58. The fraction of sp³-hybridized carbons (Fsp3) is 0.900. The molecular formula is C20H38O4. The lowest BCUT2D eigenvalue weighted by Crippen LogP contribution is -2.11. The molecule has 4 nitrogen and oxygen atoms in total. The van der Waals surface area contributed by atoms with Gasteiger partial charge in [0.2, 0.25) is 0 Å². The second-order valence-electron chi connectivity index (χ2n) is 6.58. The summed E-state index contributed by atoms with van der Waals surface area (Å²) in [7, 11) is 0. The van der Waals surface area contributed by atoms with Crippen molar-refractivity contribution < 1.29 is 19.1 Å². The van der Waals surface area contributed by atoms with Crippen LogP contribution in [0.3, 0.4) is 0 Å². The van der Waals surface area contributed by atoms with E-state index in [9.17, 15) is 9.59 Å². The van der Waals surface area contributed by atoms with E-state index in [-0.39, 0.29) is 11.9 Å². The smallest absolute Gasteiger partial charge is 0.306 e. The van der Waals surface area contributed by atoms with Gasteiger partial charge in [-0.25, -0.2) is 0 Å². The molecule has 24 heavy (non-hydrogen) atoms. The minimum absolute atomic E-state index is 0.0429. The maximum absolute atomic E-state index is 11.6. The summed E-state index contributed by atoms with van der Waals surface area (Å²) in [5, 5.41) is 0. The van der Waals surface area contributed by atoms with E-state index in [2.05, 4.69) is 6.92 Å². The van der Waals surface area contributed by atoms with Crippen LogP contribution in [0.5, 0.6) is 0 Å². The summed E-state index contributed by atoms with van der Waals surface area (Å²) in [6.07, 6.45) is 11.9. The van der Waals surface area contributed by atoms with Crippen molar-refractivity contribution in [3.8, 4) is 0 Å². The predicted octanol–water partition coefficient (Wildman–Crippen LogP) is 5.43. The molecule has 0 aromatic heterocycles. The van der Waals surface area contributed by atoms with Gasteiger partial charge in [0.1, 0.15) is 0 Å². The third-order valence-electron chi connectivity index (χ3n) is 4.21. The lowest BCUT2D eigenvalue weighted by atomic mass is 9.95. The maximum atomic E-state index is 11.6. The molecule has 0 aromatic carbocycles. The average molecular weight is 343 g/mol. The zero-order chi connectivity index (χ0) is 18.0. The predicted molar refractivity (Wildman–Crippen MR) is 97.8 cm³/mol. The van der Waals surface area contributed by atoms with Crippen molar-refractivity contribution in [2.24, 2.45) is 5.92 Å². The van der Waals surface area contributed by atoms with Crippen LogP contribution in [0.4, 0.5) is 0 Å². The minimum Gasteiger partial charge on any atom is -0.466 e. The zero-order valence-electron chi connectivity index (χ0n) is 16.1. The van der Waals surface area contributed by atoms with Crippen molar-refractivity contribution in [2.75, 3.05) is 13.2 Å². The van der Waals surface area contributed by atoms with E-state index < -0.39 is 0 Å². The first kappa shape index (κ1) is 22.9. The Hall–Kier alpha value is -1.06. The van der Waals surface area contributed by atoms with E-state index in [4.69, 9.17) is 9.47 Å². The highest BCUT2D eigenvalue weighted by atomic mass is 16.5. The Morgan fingerprint density at radius 2 is 1.29 bits per heavy atom. The van der Waals surface area contributed by atoms with E-state index >= 15 is 0 Å². The summed E-state index contributed by atoms with van der Waals surface area (Å²) in [5.74, 6) is 0.360. The molecule has 0 rings (SSSR count). The van der Waals surface area contributed by atoms with Crippen molar-refractivity contribution in [3.05, 3.63) is 0 Å². The van der Waals surface area contributed by atoms with Crippen LogP contribution in [0.15, 0.2) is 0 Å². The molecule has 0 saturated heterocycles. The summed E-state index contributed by atoms with van der Waals surface area (Å²) >= 11 is 0. The lowest BCUT2D eigenvalue weighted by Gasteiger charge is -2.13. The number of unbranched alkanes of at least 4 members (excludes halogenated alkanes) is 5. The van der Waals surface area contributed by atoms with Gasteiger partial charge in [0.25, 0.3) is 0 Å². The molecule has 1 atom stereocenters. The third-order valence-corrected chi connectivity index (χ3v) is 4.21. The molecule has 0 aliphatic rings. The molecule has 142 valence electrons. The summed E-state index contributed by atoms with van der Waals surface area (Å²) in [6.45, 7) is 7.25. The first-order chi connectivity index (χ1) is 11.6. The van der Waals surface area contributed by atoms with Gasteiger partial charge in [0.15, 0.2) is 0 Å². The van der Waals surface area contributed by atoms with Crippen LogP contribution in [-0.4, -0.2) is 25.2 Å². The zero-order valence-corrected chi connectivity index (χ0v) is 16.1. The van der Waals surface area contributed by atoms with Gasteiger partial charge in [0.05, 0.1) is 13.2 Å². The van der Waals surface area contributed by atoms with Crippen LogP contribution >= 0.6 is 0 Å². The number of carbonyl (C=O) groups is 2. The molecule has 0 fully saturated rings. The van der Waals surface area contributed by atoms with Crippen LogP contribution < -0.4 is 0 Å². The molecule has 1 unspecified atom stereocenters. The van der Waals surface area contributed by atoms with Crippen molar-refractivity contribution >= 4 is 11.9 Å². The van der Waals surface area contributed by atoms with Gasteiger partial charge >= 0.3 is 11.9 Å². The van der Waals surface area contributed by atoms with Crippen LogP contribution in [0.2, 0.25) is 0 Å². The van der Waals surface area contributed by atoms with Crippen molar-refractivity contribution in [1.82, 2.24) is 0 Å². The van der Waals surface area contributed by atoms with E-state index in [0.717, 1.165) is 38.5 Å². The van der Waals surface area contributed by atoms with Gasteiger partial charge in [-0.3, -0.25) is 9.59 Å². The fourth-order valence-electron chi connectivity index (χ4n) is 2.66. The van der Waals surface area contributed by atoms with Crippen molar-refractivity contribution in [3.63, 3.8) is 0 Å². The molecule has 0 saturated carbocycles. The lowest BCUT2D eigenvalue weighted by molar-refractivity contribution is -0.145. The van der Waals surface area contributed by atoms with Gasteiger partial charge in [0, 0.05) is 12.8 Å². The number of rotatable bonds is 16. The Morgan fingerprint density at radius 1 is 0.750 bits per heavy atom. The average Bonchev–Trinajstić information content (AvgIpc) is 2.59. The molecule has 0 aromatic rings. The van der Waals surface area contributed by atoms with Gasteiger partial charge < -0.3 is 9.47 Å². The number of hydrogen-bond donors (Lipinski definition) is 0. The maximum Gasteiger partial charge on any atom is 0.306 e. The molecule has 0 spiro atoms. The Bertz CT molecular complexity index is 315. The summed E-state index contributed by atoms with van der Waals surface area (Å²) in [5.41, 5.74) is 0. The van der Waals surface area contributed by atoms with Crippen molar-refractivity contribution in [1.29, 1.82) is 0 Å². The number of carbonyl (C=O) groups excluding carboxylic acids is 2. The Balaban J connectivity index is 3.49. The second kappa shape index (κ2) is 16.8. The topological polar surface area (TPSA) is 52.6 Å². The molecule has 0 radical (unpaired) electrons. The van der Waals surface area contributed by atoms with E-state index in [1.165, 1.54) is 25.7 Å². The number of hydrogen-bond acceptors (Lipinski definition) is 4. The molecule has 0 bridgehead atoms. The normalized spacial score (nSPS) is 12.0. The van der Waals surface area contributed by atoms with Crippen LogP contribution in [0, 0.1) is 5.92 Å². The molecular weight excluding hydrogens is 304 g/mol. The van der Waals surface area contributed by atoms with E-state index in [0.29, 0.717) is 32.0 Å². The molecule has 0 aliphatic carbocycles. The number of ether oxygens (including phenoxy) is 2. The molecule has 0 N–H and O–H groups in total. The summed E-state index contributed by atoms with van der Waals surface area (Å²) < 4.78 is 10.2. The van der Waals surface area contributed by atoms with Crippen LogP contribution in [0.25, 0.3) is 0 Å². The third kappa shape index (κ3) is 14.5. The Morgan fingerprint density at radius 3 is 1.88 bits per heavy atom. The van der Waals surface area contributed by atoms with Crippen molar-refractivity contribution in [2.45, 2.75) is 97.8 Å². The molecule has 0 aliphatic heterocycles. The monoisotopic (exact) mass is 342 g/mol. The Kier molecular flexibility index (Phi) is 16.0. The SMILES string of the molecule is CCCOC(=O)CCCCCCCCC(CC)CC(=O)OCCC. The quantitative estimate of drug-likeness (QED) is 0.277. The Labute approximate surface area is 148 Å². The number of esters is 2.